The zero-order valence-corrected chi connectivity index (χ0v) is 12.7. The first kappa shape index (κ1) is 13.9. The molecule has 0 radical (unpaired) electrons. The molecule has 0 spiro atoms. The number of nitrogens with two attached hydrogens (primary N) is 1. The van der Waals surface area contributed by atoms with E-state index in [-0.39, 0.29) is 5.54 Å². The van der Waals surface area contributed by atoms with Crippen LogP contribution in [0, 0.1) is 13.8 Å². The summed E-state index contributed by atoms with van der Waals surface area (Å²) >= 11 is 0. The fraction of sp³-hybridized carbons (Fsp3) is 0.647. The Labute approximate surface area is 122 Å². The third kappa shape index (κ3) is 2.04. The molecule has 20 heavy (non-hydrogen) atoms. The summed E-state index contributed by atoms with van der Waals surface area (Å²) in [7, 11) is 0. The van der Waals surface area contributed by atoms with Crippen LogP contribution >= 0.6 is 0 Å². The minimum atomic E-state index is -0.00981. The van der Waals surface area contributed by atoms with Crippen LogP contribution in [0.25, 0.3) is 0 Å². The van der Waals surface area contributed by atoms with Crippen molar-refractivity contribution in [2.24, 2.45) is 5.73 Å². The van der Waals surface area contributed by atoms with Gasteiger partial charge in [-0.25, -0.2) is 0 Å². The van der Waals surface area contributed by atoms with Gasteiger partial charge >= 0.3 is 0 Å². The molecule has 0 saturated carbocycles. The molecule has 0 bridgehead atoms. The van der Waals surface area contributed by atoms with E-state index in [4.69, 9.17) is 10.5 Å². The largest absolute Gasteiger partial charge is 0.493 e. The van der Waals surface area contributed by atoms with Crippen LogP contribution in [0.5, 0.6) is 5.75 Å². The Balaban J connectivity index is 2.12. The molecular formula is C17H26N2O. The van der Waals surface area contributed by atoms with E-state index in [1.807, 2.05) is 0 Å². The maximum atomic E-state index is 6.31. The molecule has 3 rings (SSSR count). The van der Waals surface area contributed by atoms with Crippen molar-refractivity contribution < 1.29 is 4.74 Å². The third-order valence-corrected chi connectivity index (χ3v) is 5.09. The highest BCUT2D eigenvalue weighted by atomic mass is 16.5. The average Bonchev–Trinajstić information content (AvgIpc) is 2.51. The maximum absolute atomic E-state index is 6.31. The van der Waals surface area contributed by atoms with Crippen molar-refractivity contribution in [2.45, 2.75) is 45.1 Å². The standard InChI is InChI=1S/C17H26N2O/c1-13-6-7-14(2)16-15(13)17(12-18,8-11-20-16)19-9-4-3-5-10-19/h6-7H,3-5,8-12,18H2,1-2H3. The van der Waals surface area contributed by atoms with Gasteiger partial charge in [-0.15, -0.1) is 0 Å². The van der Waals surface area contributed by atoms with E-state index in [1.54, 1.807) is 0 Å². The van der Waals surface area contributed by atoms with Crippen molar-refractivity contribution in [3.05, 3.63) is 28.8 Å². The lowest BCUT2D eigenvalue weighted by Gasteiger charge is -2.49. The lowest BCUT2D eigenvalue weighted by molar-refractivity contribution is 0.0323. The fourth-order valence-corrected chi connectivity index (χ4v) is 3.97. The molecule has 1 saturated heterocycles. The smallest absolute Gasteiger partial charge is 0.127 e. The van der Waals surface area contributed by atoms with Crippen LogP contribution in [0.2, 0.25) is 0 Å². The second-order valence-electron chi connectivity index (χ2n) is 6.29. The fourth-order valence-electron chi connectivity index (χ4n) is 3.97. The van der Waals surface area contributed by atoms with Crippen molar-refractivity contribution >= 4 is 0 Å². The Morgan fingerprint density at radius 1 is 1.15 bits per heavy atom. The Bertz CT molecular complexity index is 494. The topological polar surface area (TPSA) is 38.5 Å². The minimum absolute atomic E-state index is 0.00981. The minimum Gasteiger partial charge on any atom is -0.493 e. The van der Waals surface area contributed by atoms with Gasteiger partial charge in [0.15, 0.2) is 0 Å². The summed E-state index contributed by atoms with van der Waals surface area (Å²) in [6.07, 6.45) is 4.96. The SMILES string of the molecule is Cc1ccc(C)c2c1OCCC2(CN)N1CCCCC1. The second-order valence-corrected chi connectivity index (χ2v) is 6.29. The Hall–Kier alpha value is -1.06. The molecule has 3 nitrogen and oxygen atoms in total. The van der Waals surface area contributed by atoms with Gasteiger partial charge in [-0.05, 0) is 50.9 Å². The van der Waals surface area contributed by atoms with Crippen molar-refractivity contribution in [3.63, 3.8) is 0 Å². The van der Waals surface area contributed by atoms with Gasteiger partial charge in [0.25, 0.3) is 0 Å². The first-order valence-corrected chi connectivity index (χ1v) is 7.87. The summed E-state index contributed by atoms with van der Waals surface area (Å²) in [5.74, 6) is 1.09. The van der Waals surface area contributed by atoms with Gasteiger partial charge in [-0.1, -0.05) is 18.6 Å². The van der Waals surface area contributed by atoms with E-state index in [0.29, 0.717) is 6.54 Å². The van der Waals surface area contributed by atoms with Gasteiger partial charge < -0.3 is 10.5 Å². The molecule has 3 heteroatoms. The number of rotatable bonds is 2. The first-order valence-electron chi connectivity index (χ1n) is 7.87. The molecule has 2 heterocycles. The molecule has 2 N–H and O–H groups in total. The van der Waals surface area contributed by atoms with Gasteiger partial charge in [0, 0.05) is 18.5 Å². The zero-order chi connectivity index (χ0) is 14.2. The number of fused-ring (bicyclic) bond motifs is 1. The van der Waals surface area contributed by atoms with E-state index in [9.17, 15) is 0 Å². The summed E-state index contributed by atoms with van der Waals surface area (Å²) < 4.78 is 6.00. The molecular weight excluding hydrogens is 248 g/mol. The van der Waals surface area contributed by atoms with E-state index < -0.39 is 0 Å². The van der Waals surface area contributed by atoms with Gasteiger partial charge in [0.1, 0.15) is 5.75 Å². The number of hydrogen-bond acceptors (Lipinski definition) is 3. The molecule has 1 aromatic rings. The van der Waals surface area contributed by atoms with Crippen LogP contribution in [0.15, 0.2) is 12.1 Å². The first-order chi connectivity index (χ1) is 9.69. The molecule has 2 aliphatic heterocycles. The summed E-state index contributed by atoms with van der Waals surface area (Å²) in [6.45, 7) is 8.15. The van der Waals surface area contributed by atoms with Crippen LogP contribution < -0.4 is 10.5 Å². The summed E-state index contributed by atoms with van der Waals surface area (Å²) in [5.41, 5.74) is 10.2. The van der Waals surface area contributed by atoms with Gasteiger partial charge in [0.2, 0.25) is 0 Å². The quantitative estimate of drug-likeness (QED) is 0.901. The maximum Gasteiger partial charge on any atom is 0.127 e. The van der Waals surface area contributed by atoms with Crippen LogP contribution in [0.4, 0.5) is 0 Å². The van der Waals surface area contributed by atoms with Crippen LogP contribution in [0.1, 0.15) is 42.4 Å². The van der Waals surface area contributed by atoms with Crippen molar-refractivity contribution in [1.82, 2.24) is 4.90 Å². The Morgan fingerprint density at radius 3 is 2.55 bits per heavy atom. The average molecular weight is 274 g/mol. The number of likely N-dealkylation sites (tertiary alicyclic amines) is 1. The van der Waals surface area contributed by atoms with Gasteiger partial charge in [0.05, 0.1) is 12.1 Å². The number of hydrogen-bond donors (Lipinski definition) is 1. The highest BCUT2D eigenvalue weighted by Gasteiger charge is 2.43. The van der Waals surface area contributed by atoms with Crippen molar-refractivity contribution in [3.8, 4) is 5.75 Å². The number of piperidine rings is 1. The van der Waals surface area contributed by atoms with E-state index in [1.165, 1.54) is 49.0 Å². The van der Waals surface area contributed by atoms with Crippen molar-refractivity contribution in [2.75, 3.05) is 26.2 Å². The molecule has 0 aromatic heterocycles. The van der Waals surface area contributed by atoms with Crippen LogP contribution in [0.3, 0.4) is 0 Å². The molecule has 2 aliphatic rings. The molecule has 0 aliphatic carbocycles. The van der Waals surface area contributed by atoms with E-state index in [2.05, 4.69) is 30.9 Å². The molecule has 1 unspecified atom stereocenters. The lowest BCUT2D eigenvalue weighted by atomic mass is 9.78. The Morgan fingerprint density at radius 2 is 1.85 bits per heavy atom. The number of benzene rings is 1. The predicted molar refractivity (Wildman–Crippen MR) is 82.2 cm³/mol. The van der Waals surface area contributed by atoms with Crippen LogP contribution in [-0.4, -0.2) is 31.1 Å². The summed E-state index contributed by atoms with van der Waals surface area (Å²) in [6, 6.07) is 4.38. The lowest BCUT2D eigenvalue weighted by Crippen LogP contribution is -2.55. The predicted octanol–water partition coefficient (Wildman–Crippen LogP) is 2.73. The highest BCUT2D eigenvalue weighted by molar-refractivity contribution is 5.51. The third-order valence-electron chi connectivity index (χ3n) is 5.09. The monoisotopic (exact) mass is 274 g/mol. The van der Waals surface area contributed by atoms with Gasteiger partial charge in [-0.2, -0.15) is 0 Å². The zero-order valence-electron chi connectivity index (χ0n) is 12.7. The number of ether oxygens (including phenoxy) is 1. The molecule has 1 atom stereocenters. The van der Waals surface area contributed by atoms with Crippen molar-refractivity contribution in [1.29, 1.82) is 0 Å². The normalized spacial score (nSPS) is 26.9. The molecule has 110 valence electrons. The van der Waals surface area contributed by atoms with E-state index in [0.717, 1.165) is 18.8 Å². The molecule has 1 aromatic carbocycles. The van der Waals surface area contributed by atoms with Crippen LogP contribution in [-0.2, 0) is 5.54 Å². The second kappa shape index (κ2) is 5.38. The number of nitrogens with zero attached hydrogens (tertiary/aromatic N) is 1. The van der Waals surface area contributed by atoms with E-state index >= 15 is 0 Å². The number of aryl methyl sites for hydroxylation is 2. The summed E-state index contributed by atoms with van der Waals surface area (Å²) in [5, 5.41) is 0. The molecule has 0 amide bonds. The Kier molecular flexibility index (Phi) is 3.74. The summed E-state index contributed by atoms with van der Waals surface area (Å²) in [4.78, 5) is 2.63. The highest BCUT2D eigenvalue weighted by Crippen LogP contribution is 2.45. The van der Waals surface area contributed by atoms with Gasteiger partial charge in [-0.3, -0.25) is 4.90 Å². The molecule has 1 fully saturated rings.